The van der Waals surface area contributed by atoms with E-state index in [1.165, 1.54) is 30.5 Å². The zero-order chi connectivity index (χ0) is 19.1. The Hall–Kier alpha value is -3.94. The van der Waals surface area contributed by atoms with Crippen LogP contribution in [0.3, 0.4) is 0 Å². The quantitative estimate of drug-likeness (QED) is 0.504. The molecule has 0 atom stereocenters. The average Bonchev–Trinajstić information content (AvgIpc) is 2.69. The van der Waals surface area contributed by atoms with Gasteiger partial charge in [-0.25, -0.2) is 4.98 Å². The number of pyridine rings is 1. The van der Waals surface area contributed by atoms with Gasteiger partial charge in [0.2, 0.25) is 5.88 Å². The number of nitrogens with zero attached hydrogens (tertiary/aromatic N) is 2. The van der Waals surface area contributed by atoms with Crippen molar-refractivity contribution < 1.29 is 19.2 Å². The van der Waals surface area contributed by atoms with Gasteiger partial charge in [-0.05, 0) is 24.3 Å². The third-order valence-corrected chi connectivity index (χ3v) is 3.38. The summed E-state index contributed by atoms with van der Waals surface area (Å²) in [7, 11) is 0. The van der Waals surface area contributed by atoms with Crippen LogP contribution in [-0.2, 0) is 4.79 Å². The highest BCUT2D eigenvalue weighted by Gasteiger charge is 2.09. The topological polar surface area (TPSA) is 104 Å². The van der Waals surface area contributed by atoms with Crippen LogP contribution >= 0.6 is 0 Å². The number of para-hydroxylation sites is 1. The molecule has 0 spiro atoms. The molecule has 0 aliphatic rings. The molecule has 1 N–H and O–H groups in total. The van der Waals surface area contributed by atoms with Gasteiger partial charge in [-0.2, -0.15) is 0 Å². The number of hydrogen-bond donors (Lipinski definition) is 1. The normalized spacial score (nSPS) is 10.1. The molecular weight excluding hydrogens is 350 g/mol. The number of non-ortho nitro benzene ring substituents is 1. The molecule has 8 heteroatoms. The lowest BCUT2D eigenvalue weighted by Crippen LogP contribution is -2.20. The molecule has 0 aliphatic heterocycles. The van der Waals surface area contributed by atoms with Crippen molar-refractivity contribution in [3.8, 4) is 17.4 Å². The van der Waals surface area contributed by atoms with Crippen LogP contribution in [0.1, 0.15) is 0 Å². The van der Waals surface area contributed by atoms with Crippen molar-refractivity contribution in [2.45, 2.75) is 0 Å². The first kappa shape index (κ1) is 17.9. The van der Waals surface area contributed by atoms with Crippen molar-refractivity contribution in [1.29, 1.82) is 0 Å². The molecule has 3 aromatic rings. The molecule has 136 valence electrons. The van der Waals surface area contributed by atoms with Crippen molar-refractivity contribution in [2.24, 2.45) is 0 Å². The fourth-order valence-corrected chi connectivity index (χ4v) is 2.16. The van der Waals surface area contributed by atoms with Gasteiger partial charge in [-0.15, -0.1) is 0 Å². The molecule has 0 unspecified atom stereocenters. The summed E-state index contributed by atoms with van der Waals surface area (Å²) in [5, 5.41) is 13.4. The molecule has 1 aromatic heterocycles. The molecule has 0 saturated heterocycles. The highest BCUT2D eigenvalue weighted by molar-refractivity contribution is 5.91. The van der Waals surface area contributed by atoms with Gasteiger partial charge < -0.3 is 14.8 Å². The lowest BCUT2D eigenvalue weighted by molar-refractivity contribution is -0.384. The summed E-state index contributed by atoms with van der Waals surface area (Å²) in [6, 6.07) is 18.1. The number of aromatic nitrogens is 1. The first-order valence-electron chi connectivity index (χ1n) is 7.96. The maximum absolute atomic E-state index is 12.0. The second kappa shape index (κ2) is 8.43. The molecule has 1 heterocycles. The van der Waals surface area contributed by atoms with Crippen LogP contribution in [0.5, 0.6) is 17.4 Å². The number of amides is 1. The van der Waals surface area contributed by atoms with E-state index < -0.39 is 10.8 Å². The van der Waals surface area contributed by atoms with Crippen molar-refractivity contribution in [3.63, 3.8) is 0 Å². The van der Waals surface area contributed by atoms with Gasteiger partial charge in [0.15, 0.2) is 6.61 Å². The fourth-order valence-electron chi connectivity index (χ4n) is 2.16. The summed E-state index contributed by atoms with van der Waals surface area (Å²) in [5.41, 5.74) is 0.370. The Kier molecular flexibility index (Phi) is 5.58. The molecule has 0 saturated carbocycles. The van der Waals surface area contributed by atoms with E-state index in [0.29, 0.717) is 17.3 Å². The summed E-state index contributed by atoms with van der Waals surface area (Å²) in [5.74, 6) is 0.878. The lowest BCUT2D eigenvalue weighted by atomic mass is 10.3. The second-order valence-electron chi connectivity index (χ2n) is 5.39. The molecule has 1 amide bonds. The van der Waals surface area contributed by atoms with Crippen LogP contribution in [0, 0.1) is 10.1 Å². The predicted molar refractivity (Wildman–Crippen MR) is 98.0 cm³/mol. The average molecular weight is 365 g/mol. The zero-order valence-corrected chi connectivity index (χ0v) is 14.1. The number of anilines is 1. The first-order valence-corrected chi connectivity index (χ1v) is 7.96. The number of rotatable bonds is 7. The Labute approximate surface area is 154 Å². The standard InChI is InChI=1S/C19H15N3O5/c23-18(13-26-17-8-4-5-15(11-17)22(24)25)21-14-9-10-19(20-12-14)27-16-6-2-1-3-7-16/h1-12H,13H2,(H,21,23). The van der Waals surface area contributed by atoms with E-state index in [2.05, 4.69) is 10.3 Å². The van der Waals surface area contributed by atoms with Crippen LogP contribution in [0.15, 0.2) is 72.9 Å². The van der Waals surface area contributed by atoms with E-state index in [4.69, 9.17) is 9.47 Å². The van der Waals surface area contributed by atoms with Gasteiger partial charge in [0.05, 0.1) is 22.9 Å². The molecule has 8 nitrogen and oxygen atoms in total. The predicted octanol–water partition coefficient (Wildman–Crippen LogP) is 3.80. The molecule has 0 bridgehead atoms. The molecule has 3 rings (SSSR count). The first-order chi connectivity index (χ1) is 13.1. The minimum absolute atomic E-state index is 0.105. The summed E-state index contributed by atoms with van der Waals surface area (Å²) >= 11 is 0. The van der Waals surface area contributed by atoms with Gasteiger partial charge >= 0.3 is 0 Å². The number of carbonyl (C=O) groups excluding carboxylic acids is 1. The third kappa shape index (κ3) is 5.27. The van der Waals surface area contributed by atoms with Crippen molar-refractivity contribution >= 4 is 17.3 Å². The van der Waals surface area contributed by atoms with Crippen LogP contribution in [-0.4, -0.2) is 22.4 Å². The molecule has 0 radical (unpaired) electrons. The number of nitro benzene ring substituents is 1. The Bertz CT molecular complexity index is 930. The fraction of sp³-hybridized carbons (Fsp3) is 0.0526. The summed E-state index contributed by atoms with van der Waals surface area (Å²) in [4.78, 5) is 26.3. The smallest absolute Gasteiger partial charge is 0.273 e. The van der Waals surface area contributed by atoms with E-state index in [1.54, 1.807) is 12.1 Å². The van der Waals surface area contributed by atoms with Gasteiger partial charge in [-0.1, -0.05) is 24.3 Å². The lowest BCUT2D eigenvalue weighted by Gasteiger charge is -2.08. The zero-order valence-electron chi connectivity index (χ0n) is 14.1. The Morgan fingerprint density at radius 1 is 1.04 bits per heavy atom. The molecule has 2 aromatic carbocycles. The van der Waals surface area contributed by atoms with E-state index in [9.17, 15) is 14.9 Å². The van der Waals surface area contributed by atoms with Gasteiger partial charge in [0, 0.05) is 12.1 Å². The maximum atomic E-state index is 12.0. The van der Waals surface area contributed by atoms with E-state index in [-0.39, 0.29) is 18.0 Å². The second-order valence-corrected chi connectivity index (χ2v) is 5.39. The minimum Gasteiger partial charge on any atom is -0.484 e. The van der Waals surface area contributed by atoms with E-state index in [1.807, 2.05) is 30.3 Å². The Morgan fingerprint density at radius 2 is 1.81 bits per heavy atom. The van der Waals surface area contributed by atoms with Gasteiger partial charge in [0.25, 0.3) is 11.6 Å². The van der Waals surface area contributed by atoms with Crippen LogP contribution in [0.2, 0.25) is 0 Å². The summed E-state index contributed by atoms with van der Waals surface area (Å²) in [6.45, 7) is -0.288. The summed E-state index contributed by atoms with van der Waals surface area (Å²) < 4.78 is 10.8. The number of benzene rings is 2. The molecule has 0 aliphatic carbocycles. The van der Waals surface area contributed by atoms with Crippen LogP contribution in [0.25, 0.3) is 0 Å². The van der Waals surface area contributed by atoms with E-state index >= 15 is 0 Å². The number of carbonyl (C=O) groups is 1. The maximum Gasteiger partial charge on any atom is 0.273 e. The number of ether oxygens (including phenoxy) is 2. The SMILES string of the molecule is O=C(COc1cccc([N+](=O)[O-])c1)Nc1ccc(Oc2ccccc2)nc1. The van der Waals surface area contributed by atoms with Gasteiger partial charge in [-0.3, -0.25) is 14.9 Å². The third-order valence-electron chi connectivity index (χ3n) is 3.38. The minimum atomic E-state index is -0.530. The van der Waals surface area contributed by atoms with Crippen molar-refractivity contribution in [3.05, 3.63) is 83.0 Å². The Morgan fingerprint density at radius 3 is 2.52 bits per heavy atom. The number of nitro groups is 1. The van der Waals surface area contributed by atoms with Crippen LogP contribution in [0.4, 0.5) is 11.4 Å². The Balaban J connectivity index is 1.52. The number of nitrogens with one attached hydrogen (secondary N) is 1. The largest absolute Gasteiger partial charge is 0.484 e. The van der Waals surface area contributed by atoms with Crippen molar-refractivity contribution in [2.75, 3.05) is 11.9 Å². The van der Waals surface area contributed by atoms with Gasteiger partial charge in [0.1, 0.15) is 11.5 Å². The van der Waals surface area contributed by atoms with Crippen molar-refractivity contribution in [1.82, 2.24) is 4.98 Å². The highest BCUT2D eigenvalue weighted by Crippen LogP contribution is 2.20. The molecular formula is C19H15N3O5. The highest BCUT2D eigenvalue weighted by atomic mass is 16.6. The van der Waals surface area contributed by atoms with E-state index in [0.717, 1.165) is 0 Å². The molecule has 0 fully saturated rings. The molecule has 27 heavy (non-hydrogen) atoms. The monoisotopic (exact) mass is 365 g/mol. The number of hydrogen-bond acceptors (Lipinski definition) is 6. The summed E-state index contributed by atoms with van der Waals surface area (Å²) in [6.07, 6.45) is 1.46. The van der Waals surface area contributed by atoms with Crippen LogP contribution < -0.4 is 14.8 Å².